The van der Waals surface area contributed by atoms with Crippen LogP contribution in [0, 0.1) is 0 Å². The zero-order chi connectivity index (χ0) is 13.8. The van der Waals surface area contributed by atoms with Crippen LogP contribution in [-0.4, -0.2) is 35.6 Å². The summed E-state index contributed by atoms with van der Waals surface area (Å²) in [4.78, 5) is 6.75. The van der Waals surface area contributed by atoms with Crippen LogP contribution < -0.4 is 4.72 Å². The average molecular weight is 275 g/mol. The van der Waals surface area contributed by atoms with Crippen molar-refractivity contribution in [1.82, 2.24) is 14.7 Å². The molecular weight excluding hydrogens is 254 g/mol. The number of H-pyrrole nitrogens is 1. The van der Waals surface area contributed by atoms with Gasteiger partial charge in [-0.2, -0.15) is 0 Å². The van der Waals surface area contributed by atoms with Crippen molar-refractivity contribution in [2.24, 2.45) is 0 Å². The molecule has 0 fully saturated rings. The maximum absolute atomic E-state index is 12.1. The lowest BCUT2D eigenvalue weighted by Gasteiger charge is -2.28. The Balaban J connectivity index is 2.93. The minimum absolute atomic E-state index is 0.0595. The molecule has 1 heterocycles. The van der Waals surface area contributed by atoms with Crippen molar-refractivity contribution in [2.45, 2.75) is 50.6 Å². The van der Waals surface area contributed by atoms with Crippen LogP contribution in [0.1, 0.15) is 39.4 Å². The van der Waals surface area contributed by atoms with Crippen LogP contribution in [0.5, 0.6) is 0 Å². The molecule has 0 amide bonds. The maximum Gasteiger partial charge on any atom is 0.258 e. The number of aliphatic hydroxyl groups excluding tert-OH is 1. The van der Waals surface area contributed by atoms with Gasteiger partial charge in [0, 0.05) is 18.6 Å². The third kappa shape index (κ3) is 3.54. The molecule has 1 rings (SSSR count). The summed E-state index contributed by atoms with van der Waals surface area (Å²) in [6.45, 7) is 5.49. The van der Waals surface area contributed by atoms with E-state index in [1.54, 1.807) is 6.92 Å². The topological polar surface area (TPSA) is 95.1 Å². The lowest BCUT2D eigenvalue weighted by atomic mass is 9.97. The molecule has 1 aromatic heterocycles. The predicted molar refractivity (Wildman–Crippen MR) is 68.7 cm³/mol. The molecule has 0 saturated heterocycles. The van der Waals surface area contributed by atoms with Gasteiger partial charge in [0.1, 0.15) is 5.82 Å². The summed E-state index contributed by atoms with van der Waals surface area (Å²) >= 11 is 0. The standard InChI is InChI=1S/C11H21N3O3S/c1-4-9-12-8-10(13-9)18(16,17)14-11(3,5-2)6-7-15/h8,14-15H,4-7H2,1-3H3,(H,12,13). The van der Waals surface area contributed by atoms with Crippen molar-refractivity contribution in [3.05, 3.63) is 12.0 Å². The SMILES string of the molecule is CCc1ncc(S(=O)(=O)NC(C)(CC)CCO)[nH]1. The first-order valence-corrected chi connectivity index (χ1v) is 7.54. The van der Waals surface area contributed by atoms with Crippen LogP contribution in [0.2, 0.25) is 0 Å². The van der Waals surface area contributed by atoms with E-state index in [0.29, 0.717) is 25.1 Å². The van der Waals surface area contributed by atoms with Crippen LogP contribution in [-0.2, 0) is 16.4 Å². The molecule has 0 spiro atoms. The third-order valence-corrected chi connectivity index (χ3v) is 4.60. The number of aliphatic hydroxyl groups is 1. The Hall–Kier alpha value is -0.920. The van der Waals surface area contributed by atoms with Crippen LogP contribution >= 0.6 is 0 Å². The second kappa shape index (κ2) is 5.81. The molecule has 0 aliphatic carbocycles. The van der Waals surface area contributed by atoms with E-state index < -0.39 is 15.6 Å². The van der Waals surface area contributed by atoms with Crippen molar-refractivity contribution in [2.75, 3.05) is 6.61 Å². The Morgan fingerprint density at radius 3 is 2.61 bits per heavy atom. The largest absolute Gasteiger partial charge is 0.396 e. The van der Waals surface area contributed by atoms with Gasteiger partial charge in [-0.15, -0.1) is 0 Å². The third-order valence-electron chi connectivity index (χ3n) is 3.05. The molecule has 7 heteroatoms. The van der Waals surface area contributed by atoms with Gasteiger partial charge >= 0.3 is 0 Å². The minimum Gasteiger partial charge on any atom is -0.396 e. The van der Waals surface area contributed by atoms with E-state index in [4.69, 9.17) is 5.11 Å². The number of sulfonamides is 1. The van der Waals surface area contributed by atoms with Gasteiger partial charge in [0.25, 0.3) is 10.0 Å². The minimum atomic E-state index is -3.62. The number of imidazole rings is 1. The number of rotatable bonds is 7. The highest BCUT2D eigenvalue weighted by Crippen LogP contribution is 2.18. The number of hydrogen-bond donors (Lipinski definition) is 3. The molecule has 0 saturated carbocycles. The highest BCUT2D eigenvalue weighted by atomic mass is 32.2. The summed E-state index contributed by atoms with van der Waals surface area (Å²) < 4.78 is 26.9. The molecule has 6 nitrogen and oxygen atoms in total. The fourth-order valence-electron chi connectivity index (χ4n) is 1.59. The molecular formula is C11H21N3O3S. The van der Waals surface area contributed by atoms with E-state index in [9.17, 15) is 8.42 Å². The summed E-state index contributed by atoms with van der Waals surface area (Å²) in [7, 11) is -3.62. The summed E-state index contributed by atoms with van der Waals surface area (Å²) in [5, 5.41) is 9.05. The number of aromatic amines is 1. The predicted octanol–water partition coefficient (Wildman–Crippen LogP) is 0.801. The quantitative estimate of drug-likeness (QED) is 0.686. The second-order valence-corrected chi connectivity index (χ2v) is 6.19. The maximum atomic E-state index is 12.1. The van der Waals surface area contributed by atoms with Crippen LogP contribution in [0.15, 0.2) is 11.2 Å². The fourth-order valence-corrected chi connectivity index (χ4v) is 3.03. The molecule has 18 heavy (non-hydrogen) atoms. The molecule has 1 aromatic rings. The van der Waals surface area contributed by atoms with Gasteiger partial charge in [-0.3, -0.25) is 0 Å². The Bertz CT molecular complexity index is 483. The first-order valence-electron chi connectivity index (χ1n) is 6.05. The number of nitrogens with zero attached hydrogens (tertiary/aromatic N) is 1. The molecule has 1 atom stereocenters. The number of aromatic nitrogens is 2. The smallest absolute Gasteiger partial charge is 0.258 e. The zero-order valence-corrected chi connectivity index (χ0v) is 11.8. The second-order valence-electron chi connectivity index (χ2n) is 4.54. The molecule has 3 N–H and O–H groups in total. The molecule has 0 aromatic carbocycles. The molecule has 0 aliphatic rings. The molecule has 0 radical (unpaired) electrons. The highest BCUT2D eigenvalue weighted by molar-refractivity contribution is 7.89. The Labute approximate surface area is 108 Å². The van der Waals surface area contributed by atoms with Gasteiger partial charge in [-0.25, -0.2) is 18.1 Å². The van der Waals surface area contributed by atoms with Crippen LogP contribution in [0.25, 0.3) is 0 Å². The van der Waals surface area contributed by atoms with Gasteiger partial charge < -0.3 is 10.1 Å². The van der Waals surface area contributed by atoms with Crippen molar-refractivity contribution in [1.29, 1.82) is 0 Å². The summed E-state index contributed by atoms with van der Waals surface area (Å²) in [5.41, 5.74) is -0.648. The first-order chi connectivity index (χ1) is 8.37. The number of nitrogens with one attached hydrogen (secondary N) is 2. The highest BCUT2D eigenvalue weighted by Gasteiger charge is 2.29. The lowest BCUT2D eigenvalue weighted by Crippen LogP contribution is -2.46. The number of hydrogen-bond acceptors (Lipinski definition) is 4. The molecule has 0 bridgehead atoms. The van der Waals surface area contributed by atoms with E-state index in [-0.39, 0.29) is 11.6 Å². The van der Waals surface area contributed by atoms with E-state index in [2.05, 4.69) is 14.7 Å². The van der Waals surface area contributed by atoms with E-state index in [0.717, 1.165) is 0 Å². The van der Waals surface area contributed by atoms with E-state index in [1.807, 2.05) is 13.8 Å². The van der Waals surface area contributed by atoms with E-state index in [1.165, 1.54) is 6.20 Å². The van der Waals surface area contributed by atoms with Gasteiger partial charge in [-0.05, 0) is 19.8 Å². The van der Waals surface area contributed by atoms with Crippen LogP contribution in [0.4, 0.5) is 0 Å². The average Bonchev–Trinajstić information content (AvgIpc) is 2.78. The Morgan fingerprint density at radius 2 is 2.17 bits per heavy atom. The first kappa shape index (κ1) is 15.1. The monoisotopic (exact) mass is 275 g/mol. The van der Waals surface area contributed by atoms with Crippen molar-refractivity contribution < 1.29 is 13.5 Å². The summed E-state index contributed by atoms with van der Waals surface area (Å²) in [6.07, 6.45) is 2.94. The molecule has 1 unspecified atom stereocenters. The lowest BCUT2D eigenvalue weighted by molar-refractivity contribution is 0.233. The Morgan fingerprint density at radius 1 is 1.50 bits per heavy atom. The van der Waals surface area contributed by atoms with Gasteiger partial charge in [0.05, 0.1) is 6.20 Å². The molecule has 104 valence electrons. The van der Waals surface area contributed by atoms with Gasteiger partial charge in [0.15, 0.2) is 5.03 Å². The number of aryl methyl sites for hydroxylation is 1. The fraction of sp³-hybridized carbons (Fsp3) is 0.727. The van der Waals surface area contributed by atoms with Gasteiger partial charge in [0.2, 0.25) is 0 Å². The Kier molecular flexibility index (Phi) is 4.89. The zero-order valence-electron chi connectivity index (χ0n) is 11.0. The van der Waals surface area contributed by atoms with E-state index >= 15 is 0 Å². The molecule has 0 aliphatic heterocycles. The normalized spacial score (nSPS) is 15.6. The van der Waals surface area contributed by atoms with Crippen molar-refractivity contribution in [3.8, 4) is 0 Å². The van der Waals surface area contributed by atoms with Crippen molar-refractivity contribution >= 4 is 10.0 Å². The van der Waals surface area contributed by atoms with Crippen molar-refractivity contribution in [3.63, 3.8) is 0 Å². The summed E-state index contributed by atoms with van der Waals surface area (Å²) in [5.74, 6) is 0.635. The van der Waals surface area contributed by atoms with Crippen LogP contribution in [0.3, 0.4) is 0 Å². The summed E-state index contributed by atoms with van der Waals surface area (Å²) in [6, 6.07) is 0. The van der Waals surface area contributed by atoms with Gasteiger partial charge in [-0.1, -0.05) is 13.8 Å².